The van der Waals surface area contributed by atoms with Gasteiger partial charge in [-0.25, -0.2) is 8.42 Å². The summed E-state index contributed by atoms with van der Waals surface area (Å²) in [6.45, 7) is 2.08. The summed E-state index contributed by atoms with van der Waals surface area (Å²) in [5.41, 5.74) is 0.760. The van der Waals surface area contributed by atoms with Crippen molar-refractivity contribution in [2.45, 2.75) is 13.0 Å². The number of aromatic nitrogens is 1. The molecular weight excluding hydrogens is 396 g/mol. The quantitative estimate of drug-likeness (QED) is 0.737. The monoisotopic (exact) mass is 420 g/mol. The van der Waals surface area contributed by atoms with Gasteiger partial charge < -0.3 is 14.7 Å². The highest BCUT2D eigenvalue weighted by atomic mass is 32.2. The normalized spacial score (nSPS) is 17.4. The molecule has 1 aliphatic heterocycles. The van der Waals surface area contributed by atoms with Crippen LogP contribution < -0.4 is 5.32 Å². The molecule has 9 nitrogen and oxygen atoms in total. The van der Waals surface area contributed by atoms with Gasteiger partial charge in [0.25, 0.3) is 0 Å². The van der Waals surface area contributed by atoms with Gasteiger partial charge in [0, 0.05) is 26.2 Å². The summed E-state index contributed by atoms with van der Waals surface area (Å²) >= 11 is 0. The molecule has 1 aromatic carbocycles. The standard InChI is InChI=1S/C19H24N4O5S/c1-14-12-16(21-28-14)20-17(24)13-22(2)19(25)18(15-6-4-3-5-7-15)23-8-10-29(26,27)11-9-23/h3-7,12,18H,8-11,13H2,1-2H3,(H,20,21,24). The Kier molecular flexibility index (Phi) is 6.33. The lowest BCUT2D eigenvalue weighted by Gasteiger charge is -2.35. The summed E-state index contributed by atoms with van der Waals surface area (Å²) in [5.74, 6) is 0.200. The van der Waals surface area contributed by atoms with Crippen LogP contribution in [0.5, 0.6) is 0 Å². The van der Waals surface area contributed by atoms with Crippen molar-refractivity contribution in [1.29, 1.82) is 0 Å². The van der Waals surface area contributed by atoms with Crippen LogP contribution in [0.15, 0.2) is 40.9 Å². The molecule has 1 aliphatic rings. The molecule has 1 unspecified atom stereocenters. The van der Waals surface area contributed by atoms with Gasteiger partial charge in [-0.15, -0.1) is 0 Å². The number of carbonyl (C=O) groups is 2. The van der Waals surface area contributed by atoms with Gasteiger partial charge in [-0.1, -0.05) is 35.5 Å². The van der Waals surface area contributed by atoms with Crippen LogP contribution in [-0.2, 0) is 19.4 Å². The molecule has 0 saturated carbocycles. The molecule has 0 bridgehead atoms. The van der Waals surface area contributed by atoms with E-state index < -0.39 is 21.8 Å². The van der Waals surface area contributed by atoms with Gasteiger partial charge in [0.2, 0.25) is 11.8 Å². The molecule has 156 valence electrons. The molecule has 2 aromatic rings. The lowest BCUT2D eigenvalue weighted by Crippen LogP contribution is -2.49. The smallest absolute Gasteiger partial charge is 0.245 e. The topological polar surface area (TPSA) is 113 Å². The van der Waals surface area contributed by atoms with Crippen LogP contribution in [0.25, 0.3) is 0 Å². The number of likely N-dealkylation sites (N-methyl/N-ethyl adjacent to an activating group) is 1. The minimum absolute atomic E-state index is 0.0132. The van der Waals surface area contributed by atoms with Gasteiger partial charge >= 0.3 is 0 Å². The predicted octanol–water partition coefficient (Wildman–Crippen LogP) is 0.852. The van der Waals surface area contributed by atoms with Crippen LogP contribution in [0, 0.1) is 6.92 Å². The zero-order valence-electron chi connectivity index (χ0n) is 16.4. The van der Waals surface area contributed by atoms with Crippen molar-refractivity contribution >= 4 is 27.5 Å². The van der Waals surface area contributed by atoms with Gasteiger partial charge in [0.05, 0.1) is 18.1 Å². The summed E-state index contributed by atoms with van der Waals surface area (Å²) in [4.78, 5) is 28.7. The number of rotatable bonds is 6. The number of carbonyl (C=O) groups excluding carboxylic acids is 2. The fourth-order valence-electron chi connectivity index (χ4n) is 3.24. The van der Waals surface area contributed by atoms with Crippen LogP contribution in [-0.4, -0.2) is 73.4 Å². The van der Waals surface area contributed by atoms with Crippen molar-refractivity contribution in [2.75, 3.05) is 43.5 Å². The van der Waals surface area contributed by atoms with E-state index in [2.05, 4.69) is 10.5 Å². The van der Waals surface area contributed by atoms with Crippen molar-refractivity contribution in [3.63, 3.8) is 0 Å². The minimum atomic E-state index is -3.08. The summed E-state index contributed by atoms with van der Waals surface area (Å²) in [7, 11) is -1.53. The zero-order valence-corrected chi connectivity index (χ0v) is 17.2. The second-order valence-electron chi connectivity index (χ2n) is 7.07. The third-order valence-corrected chi connectivity index (χ3v) is 6.36. The summed E-state index contributed by atoms with van der Waals surface area (Å²) < 4.78 is 28.5. The Morgan fingerprint density at radius 2 is 1.90 bits per heavy atom. The van der Waals surface area contributed by atoms with Crippen molar-refractivity contribution < 1.29 is 22.5 Å². The summed E-state index contributed by atoms with van der Waals surface area (Å²) in [6.07, 6.45) is 0. The Hall–Kier alpha value is -2.72. The molecule has 2 amide bonds. The van der Waals surface area contributed by atoms with E-state index in [0.29, 0.717) is 5.76 Å². The number of sulfone groups is 1. The summed E-state index contributed by atoms with van der Waals surface area (Å²) in [6, 6.07) is 10.1. The highest BCUT2D eigenvalue weighted by Crippen LogP contribution is 2.25. The molecule has 29 heavy (non-hydrogen) atoms. The molecule has 0 spiro atoms. The van der Waals surface area contributed by atoms with Crippen LogP contribution in [0.3, 0.4) is 0 Å². The maximum absolute atomic E-state index is 13.2. The van der Waals surface area contributed by atoms with Crippen LogP contribution in [0.2, 0.25) is 0 Å². The van der Waals surface area contributed by atoms with Gasteiger partial charge in [0.15, 0.2) is 15.7 Å². The molecule has 3 rings (SSSR count). The first-order valence-electron chi connectivity index (χ1n) is 9.23. The molecule has 1 N–H and O–H groups in total. The summed E-state index contributed by atoms with van der Waals surface area (Å²) in [5, 5.41) is 6.29. The molecule has 0 aliphatic carbocycles. The lowest BCUT2D eigenvalue weighted by atomic mass is 10.0. The third kappa shape index (κ3) is 5.42. The van der Waals surface area contributed by atoms with Crippen molar-refractivity contribution in [1.82, 2.24) is 15.0 Å². The predicted molar refractivity (Wildman–Crippen MR) is 107 cm³/mol. The second kappa shape index (κ2) is 8.75. The Morgan fingerprint density at radius 3 is 2.48 bits per heavy atom. The molecule has 1 aromatic heterocycles. The third-order valence-electron chi connectivity index (χ3n) is 4.75. The van der Waals surface area contributed by atoms with Crippen molar-refractivity contribution in [3.05, 3.63) is 47.7 Å². The molecule has 1 fully saturated rings. The van der Waals surface area contributed by atoms with E-state index in [4.69, 9.17) is 4.52 Å². The Balaban J connectivity index is 1.72. The average molecular weight is 420 g/mol. The lowest BCUT2D eigenvalue weighted by molar-refractivity contribution is -0.138. The SMILES string of the molecule is Cc1cc(NC(=O)CN(C)C(=O)C(c2ccccc2)N2CCS(=O)(=O)CC2)no1. The first kappa shape index (κ1) is 21.0. The second-order valence-corrected chi connectivity index (χ2v) is 9.37. The molecule has 1 atom stereocenters. The Morgan fingerprint density at radius 1 is 1.24 bits per heavy atom. The van der Waals surface area contributed by atoms with Gasteiger partial charge in [-0.3, -0.25) is 14.5 Å². The molecule has 10 heteroatoms. The van der Waals surface area contributed by atoms with Gasteiger partial charge in [-0.05, 0) is 12.5 Å². The van der Waals surface area contributed by atoms with E-state index in [-0.39, 0.29) is 42.9 Å². The number of hydrogen-bond acceptors (Lipinski definition) is 7. The number of anilines is 1. The van der Waals surface area contributed by atoms with E-state index >= 15 is 0 Å². The maximum atomic E-state index is 13.2. The van der Waals surface area contributed by atoms with E-state index in [1.165, 1.54) is 4.90 Å². The average Bonchev–Trinajstić information content (AvgIpc) is 3.08. The van der Waals surface area contributed by atoms with E-state index in [1.807, 2.05) is 35.2 Å². The minimum Gasteiger partial charge on any atom is -0.360 e. The van der Waals surface area contributed by atoms with Crippen LogP contribution >= 0.6 is 0 Å². The molecule has 0 radical (unpaired) electrons. The number of hydrogen-bond donors (Lipinski definition) is 1. The number of nitrogens with zero attached hydrogens (tertiary/aromatic N) is 3. The number of nitrogens with one attached hydrogen (secondary N) is 1. The highest BCUT2D eigenvalue weighted by Gasteiger charge is 2.34. The van der Waals surface area contributed by atoms with E-state index in [9.17, 15) is 18.0 Å². The fraction of sp³-hybridized carbons (Fsp3) is 0.421. The first-order valence-corrected chi connectivity index (χ1v) is 11.0. The molecule has 2 heterocycles. The maximum Gasteiger partial charge on any atom is 0.245 e. The first-order chi connectivity index (χ1) is 13.7. The fourth-order valence-corrected chi connectivity index (χ4v) is 4.47. The van der Waals surface area contributed by atoms with Crippen molar-refractivity contribution in [2.24, 2.45) is 0 Å². The number of amides is 2. The van der Waals surface area contributed by atoms with E-state index in [0.717, 1.165) is 5.56 Å². The van der Waals surface area contributed by atoms with E-state index in [1.54, 1.807) is 20.0 Å². The van der Waals surface area contributed by atoms with Crippen LogP contribution in [0.4, 0.5) is 5.82 Å². The Bertz CT molecular complexity index is 959. The number of aryl methyl sites for hydroxylation is 1. The van der Waals surface area contributed by atoms with Crippen LogP contribution in [0.1, 0.15) is 17.4 Å². The van der Waals surface area contributed by atoms with Gasteiger partial charge in [0.1, 0.15) is 11.8 Å². The van der Waals surface area contributed by atoms with Crippen molar-refractivity contribution in [3.8, 4) is 0 Å². The largest absolute Gasteiger partial charge is 0.360 e. The zero-order chi connectivity index (χ0) is 21.0. The molecular formula is C19H24N4O5S. The van der Waals surface area contributed by atoms with Gasteiger partial charge in [-0.2, -0.15) is 0 Å². The molecule has 1 saturated heterocycles. The number of benzene rings is 1. The Labute approximate surface area is 169 Å². The highest BCUT2D eigenvalue weighted by molar-refractivity contribution is 7.91.